The Morgan fingerprint density at radius 3 is 3.05 bits per heavy atom. The highest BCUT2D eigenvalue weighted by molar-refractivity contribution is 7.88. The third kappa shape index (κ3) is 3.61. The van der Waals surface area contributed by atoms with Gasteiger partial charge in [-0.2, -0.15) is 0 Å². The zero-order chi connectivity index (χ0) is 14.7. The number of nitrogens with zero attached hydrogens (tertiary/aromatic N) is 1. The van der Waals surface area contributed by atoms with Gasteiger partial charge >= 0.3 is 0 Å². The van der Waals surface area contributed by atoms with Crippen LogP contribution in [0.25, 0.3) is 11.0 Å². The SMILES string of the molecule is O=S(=O)(Cc1noc2ccccc12)NCCC1CCNC1. The van der Waals surface area contributed by atoms with E-state index in [1.807, 2.05) is 18.2 Å². The Balaban J connectivity index is 1.60. The second-order valence-corrected chi connectivity index (χ2v) is 7.23. The first-order valence-electron chi connectivity index (χ1n) is 7.15. The van der Waals surface area contributed by atoms with Crippen LogP contribution in [0.5, 0.6) is 0 Å². The Bertz CT molecular complexity index is 705. The van der Waals surface area contributed by atoms with Crippen molar-refractivity contribution in [3.8, 4) is 0 Å². The van der Waals surface area contributed by atoms with Crippen molar-refractivity contribution in [2.45, 2.75) is 18.6 Å². The lowest BCUT2D eigenvalue weighted by molar-refractivity contribution is 0.448. The van der Waals surface area contributed by atoms with Crippen molar-refractivity contribution < 1.29 is 12.9 Å². The molecule has 1 aromatic heterocycles. The second kappa shape index (κ2) is 6.13. The van der Waals surface area contributed by atoms with E-state index in [0.717, 1.165) is 31.3 Å². The molecule has 0 spiro atoms. The molecule has 1 aliphatic heterocycles. The summed E-state index contributed by atoms with van der Waals surface area (Å²) in [4.78, 5) is 0. The van der Waals surface area contributed by atoms with Crippen molar-refractivity contribution in [1.82, 2.24) is 15.2 Å². The van der Waals surface area contributed by atoms with Crippen LogP contribution in [-0.4, -0.2) is 33.2 Å². The number of benzene rings is 1. The van der Waals surface area contributed by atoms with E-state index in [-0.39, 0.29) is 5.75 Å². The van der Waals surface area contributed by atoms with Crippen LogP contribution in [0, 0.1) is 5.92 Å². The van der Waals surface area contributed by atoms with E-state index >= 15 is 0 Å². The number of hydrogen-bond acceptors (Lipinski definition) is 5. The van der Waals surface area contributed by atoms with E-state index in [1.54, 1.807) is 6.07 Å². The second-order valence-electron chi connectivity index (χ2n) is 5.43. The summed E-state index contributed by atoms with van der Waals surface area (Å²) in [6.07, 6.45) is 1.99. The van der Waals surface area contributed by atoms with Gasteiger partial charge in [-0.25, -0.2) is 13.1 Å². The molecule has 114 valence electrons. The Morgan fingerprint density at radius 1 is 1.38 bits per heavy atom. The topological polar surface area (TPSA) is 84.2 Å². The lowest BCUT2D eigenvalue weighted by Crippen LogP contribution is -2.28. The predicted octanol–water partition coefficient (Wildman–Crippen LogP) is 1.25. The molecule has 6 nitrogen and oxygen atoms in total. The molecular formula is C14H19N3O3S. The minimum absolute atomic E-state index is 0.146. The summed E-state index contributed by atoms with van der Waals surface area (Å²) >= 11 is 0. The molecule has 2 N–H and O–H groups in total. The van der Waals surface area contributed by atoms with Gasteiger partial charge in [-0.15, -0.1) is 0 Å². The molecule has 1 aromatic carbocycles. The summed E-state index contributed by atoms with van der Waals surface area (Å²) in [5.74, 6) is 0.424. The summed E-state index contributed by atoms with van der Waals surface area (Å²) in [6, 6.07) is 7.27. The van der Waals surface area contributed by atoms with Crippen molar-refractivity contribution in [3.05, 3.63) is 30.0 Å². The Morgan fingerprint density at radius 2 is 2.24 bits per heavy atom. The van der Waals surface area contributed by atoms with Gasteiger partial charge in [0.15, 0.2) is 5.58 Å². The highest BCUT2D eigenvalue weighted by Gasteiger charge is 2.19. The number of fused-ring (bicyclic) bond motifs is 1. The summed E-state index contributed by atoms with van der Waals surface area (Å²) in [5.41, 5.74) is 1.07. The molecule has 0 aliphatic carbocycles. The van der Waals surface area contributed by atoms with Gasteiger partial charge in [0.2, 0.25) is 10.0 Å². The van der Waals surface area contributed by atoms with E-state index in [2.05, 4.69) is 15.2 Å². The first kappa shape index (κ1) is 14.5. The van der Waals surface area contributed by atoms with Crippen LogP contribution in [-0.2, 0) is 15.8 Å². The van der Waals surface area contributed by atoms with Gasteiger partial charge in [0.1, 0.15) is 11.4 Å². The minimum Gasteiger partial charge on any atom is -0.356 e. The molecule has 2 aromatic rings. The van der Waals surface area contributed by atoms with E-state index in [1.165, 1.54) is 0 Å². The first-order valence-corrected chi connectivity index (χ1v) is 8.81. The first-order chi connectivity index (χ1) is 10.1. The molecule has 1 saturated heterocycles. The van der Waals surface area contributed by atoms with E-state index < -0.39 is 10.0 Å². The molecule has 1 atom stereocenters. The van der Waals surface area contributed by atoms with Crippen LogP contribution in [0.3, 0.4) is 0 Å². The molecule has 0 radical (unpaired) electrons. The van der Waals surface area contributed by atoms with Gasteiger partial charge < -0.3 is 9.84 Å². The Hall–Kier alpha value is -1.44. The molecule has 1 aliphatic rings. The van der Waals surface area contributed by atoms with Gasteiger partial charge in [0, 0.05) is 11.9 Å². The third-order valence-corrected chi connectivity index (χ3v) is 5.11. The van der Waals surface area contributed by atoms with Crippen LogP contribution < -0.4 is 10.0 Å². The van der Waals surface area contributed by atoms with Crippen molar-refractivity contribution in [2.24, 2.45) is 5.92 Å². The van der Waals surface area contributed by atoms with Crippen molar-refractivity contribution >= 4 is 21.0 Å². The van der Waals surface area contributed by atoms with Crippen LogP contribution in [0.1, 0.15) is 18.5 Å². The van der Waals surface area contributed by atoms with Crippen LogP contribution in [0.15, 0.2) is 28.8 Å². The smallest absolute Gasteiger partial charge is 0.217 e. The number of nitrogens with one attached hydrogen (secondary N) is 2. The fraction of sp³-hybridized carbons (Fsp3) is 0.500. The van der Waals surface area contributed by atoms with Gasteiger partial charge in [0.05, 0.1) is 0 Å². The van der Waals surface area contributed by atoms with Crippen molar-refractivity contribution in [3.63, 3.8) is 0 Å². The standard InChI is InChI=1S/C14H19N3O3S/c18-21(19,16-8-6-11-5-7-15-9-11)10-13-12-3-1-2-4-14(12)20-17-13/h1-4,11,15-16H,5-10H2. The number of sulfonamides is 1. The maximum Gasteiger partial charge on any atom is 0.217 e. The van der Waals surface area contributed by atoms with Gasteiger partial charge in [-0.05, 0) is 44.0 Å². The Labute approximate surface area is 123 Å². The number of hydrogen-bond donors (Lipinski definition) is 2. The summed E-state index contributed by atoms with van der Waals surface area (Å²) < 4.78 is 32.0. The van der Waals surface area contributed by atoms with Crippen LogP contribution in [0.4, 0.5) is 0 Å². The fourth-order valence-electron chi connectivity index (χ4n) is 2.65. The van der Waals surface area contributed by atoms with Gasteiger partial charge in [-0.1, -0.05) is 17.3 Å². The largest absolute Gasteiger partial charge is 0.356 e. The molecule has 2 heterocycles. The lowest BCUT2D eigenvalue weighted by atomic mass is 10.1. The Kier molecular flexibility index (Phi) is 4.23. The van der Waals surface area contributed by atoms with Crippen molar-refractivity contribution in [1.29, 1.82) is 0 Å². The average molecular weight is 309 g/mol. The van der Waals surface area contributed by atoms with E-state index in [9.17, 15) is 8.42 Å². The maximum atomic E-state index is 12.1. The molecular weight excluding hydrogens is 290 g/mol. The average Bonchev–Trinajstić information content (AvgIpc) is 3.09. The highest BCUT2D eigenvalue weighted by atomic mass is 32.2. The van der Waals surface area contributed by atoms with Gasteiger partial charge in [-0.3, -0.25) is 0 Å². The molecule has 1 unspecified atom stereocenters. The summed E-state index contributed by atoms with van der Waals surface area (Å²) in [7, 11) is -3.38. The third-order valence-electron chi connectivity index (χ3n) is 3.82. The monoisotopic (exact) mass is 309 g/mol. The van der Waals surface area contributed by atoms with E-state index in [4.69, 9.17) is 4.52 Å². The van der Waals surface area contributed by atoms with Crippen molar-refractivity contribution in [2.75, 3.05) is 19.6 Å². The molecule has 1 fully saturated rings. The summed E-state index contributed by atoms with van der Waals surface area (Å²) in [5, 5.41) is 7.89. The normalized spacial score (nSPS) is 19.3. The number of aromatic nitrogens is 1. The lowest BCUT2D eigenvalue weighted by Gasteiger charge is -2.09. The fourth-order valence-corrected chi connectivity index (χ4v) is 3.75. The zero-order valence-electron chi connectivity index (χ0n) is 11.7. The summed E-state index contributed by atoms with van der Waals surface area (Å²) in [6.45, 7) is 2.49. The minimum atomic E-state index is -3.38. The molecule has 21 heavy (non-hydrogen) atoms. The quantitative estimate of drug-likeness (QED) is 0.839. The molecule has 3 rings (SSSR count). The van der Waals surface area contributed by atoms with E-state index in [0.29, 0.717) is 23.7 Å². The molecule has 0 bridgehead atoms. The van der Waals surface area contributed by atoms with Gasteiger partial charge in [0.25, 0.3) is 0 Å². The molecule has 0 amide bonds. The maximum absolute atomic E-state index is 12.1. The predicted molar refractivity (Wildman–Crippen MR) is 80.2 cm³/mol. The molecule has 0 saturated carbocycles. The zero-order valence-corrected chi connectivity index (χ0v) is 12.5. The van der Waals surface area contributed by atoms with Crippen LogP contribution >= 0.6 is 0 Å². The molecule has 7 heteroatoms. The van der Waals surface area contributed by atoms with Crippen LogP contribution in [0.2, 0.25) is 0 Å². The highest BCUT2D eigenvalue weighted by Crippen LogP contribution is 2.19. The number of rotatable bonds is 6. The number of para-hydroxylation sites is 1.